The van der Waals surface area contributed by atoms with E-state index in [1.807, 2.05) is 12.1 Å². The topological polar surface area (TPSA) is 76.3 Å². The molecule has 0 saturated carbocycles. The second-order valence-corrected chi connectivity index (χ2v) is 9.43. The summed E-state index contributed by atoms with van der Waals surface area (Å²) in [6.07, 6.45) is 1.50. The molecule has 146 valence electrons. The van der Waals surface area contributed by atoms with E-state index in [1.54, 1.807) is 24.3 Å². The quantitative estimate of drug-likeness (QED) is 0.595. The molecule has 1 aromatic heterocycles. The van der Waals surface area contributed by atoms with Crippen molar-refractivity contribution in [2.75, 3.05) is 13.1 Å². The Morgan fingerprint density at radius 2 is 1.86 bits per heavy atom. The number of aromatic nitrogens is 2. The van der Waals surface area contributed by atoms with Crippen molar-refractivity contribution < 1.29 is 12.9 Å². The molecule has 2 aromatic carbocycles. The summed E-state index contributed by atoms with van der Waals surface area (Å²) < 4.78 is 32.8. The van der Waals surface area contributed by atoms with Gasteiger partial charge in [-0.05, 0) is 49.2 Å². The van der Waals surface area contributed by atoms with Crippen LogP contribution in [0.15, 0.2) is 57.9 Å². The molecule has 1 fully saturated rings. The van der Waals surface area contributed by atoms with E-state index in [0.29, 0.717) is 41.3 Å². The van der Waals surface area contributed by atoms with E-state index in [4.69, 9.17) is 27.7 Å². The van der Waals surface area contributed by atoms with Crippen molar-refractivity contribution in [3.05, 3.63) is 64.5 Å². The SMILES string of the molecule is O=S(=O)(c1ccc(Cl)cc1)N1CCCC(c2nc(-c3cccc(Cl)c3)no2)C1. The molecule has 0 spiro atoms. The van der Waals surface area contributed by atoms with E-state index in [0.717, 1.165) is 12.0 Å². The first-order valence-corrected chi connectivity index (χ1v) is 11.0. The molecule has 0 bridgehead atoms. The minimum absolute atomic E-state index is 0.156. The molecule has 0 aliphatic carbocycles. The van der Waals surface area contributed by atoms with Crippen LogP contribution in [0.3, 0.4) is 0 Å². The Morgan fingerprint density at radius 1 is 1.07 bits per heavy atom. The monoisotopic (exact) mass is 437 g/mol. The Balaban J connectivity index is 1.55. The Morgan fingerprint density at radius 3 is 2.61 bits per heavy atom. The highest BCUT2D eigenvalue weighted by atomic mass is 35.5. The molecule has 3 aromatic rings. The third-order valence-electron chi connectivity index (χ3n) is 4.71. The van der Waals surface area contributed by atoms with E-state index in [1.165, 1.54) is 16.4 Å². The zero-order valence-electron chi connectivity index (χ0n) is 14.8. The fraction of sp³-hybridized carbons (Fsp3) is 0.263. The van der Waals surface area contributed by atoms with Gasteiger partial charge in [-0.15, -0.1) is 0 Å². The summed E-state index contributed by atoms with van der Waals surface area (Å²) in [6, 6.07) is 13.4. The number of piperidine rings is 1. The smallest absolute Gasteiger partial charge is 0.243 e. The zero-order chi connectivity index (χ0) is 19.7. The predicted octanol–water partition coefficient (Wildman–Crippen LogP) is 4.61. The number of benzene rings is 2. The van der Waals surface area contributed by atoms with Crippen LogP contribution in [0.4, 0.5) is 0 Å². The standard InChI is InChI=1S/C19H17Cl2N3O3S/c20-15-6-8-17(9-7-15)28(25,26)24-10-2-4-14(12-24)19-22-18(23-27-19)13-3-1-5-16(21)11-13/h1,3,5-9,11,14H,2,4,10,12H2. The Kier molecular flexibility index (Phi) is 5.42. The highest BCUT2D eigenvalue weighted by Gasteiger charge is 2.33. The number of nitrogens with zero attached hydrogens (tertiary/aromatic N) is 3. The van der Waals surface area contributed by atoms with Crippen molar-refractivity contribution in [3.63, 3.8) is 0 Å². The molecule has 9 heteroatoms. The molecule has 4 rings (SSSR count). The summed E-state index contributed by atoms with van der Waals surface area (Å²) in [6.45, 7) is 0.749. The number of sulfonamides is 1. The van der Waals surface area contributed by atoms with E-state index in [2.05, 4.69) is 10.1 Å². The largest absolute Gasteiger partial charge is 0.339 e. The summed E-state index contributed by atoms with van der Waals surface area (Å²) in [4.78, 5) is 4.70. The van der Waals surface area contributed by atoms with Crippen molar-refractivity contribution in [1.29, 1.82) is 0 Å². The van der Waals surface area contributed by atoms with Crippen LogP contribution in [0, 0.1) is 0 Å². The minimum Gasteiger partial charge on any atom is -0.339 e. The van der Waals surface area contributed by atoms with Gasteiger partial charge in [0.05, 0.1) is 10.8 Å². The number of hydrogen-bond donors (Lipinski definition) is 0. The van der Waals surface area contributed by atoms with Crippen molar-refractivity contribution in [3.8, 4) is 11.4 Å². The van der Waals surface area contributed by atoms with Crippen LogP contribution in [-0.2, 0) is 10.0 Å². The van der Waals surface area contributed by atoms with E-state index in [-0.39, 0.29) is 10.8 Å². The Hall–Kier alpha value is -1.93. The van der Waals surface area contributed by atoms with Gasteiger partial charge in [0.1, 0.15) is 0 Å². The summed E-state index contributed by atoms with van der Waals surface area (Å²) in [5.41, 5.74) is 0.754. The van der Waals surface area contributed by atoms with Crippen LogP contribution < -0.4 is 0 Å². The molecular formula is C19H17Cl2N3O3S. The van der Waals surface area contributed by atoms with E-state index >= 15 is 0 Å². The first-order chi connectivity index (χ1) is 13.4. The van der Waals surface area contributed by atoms with Gasteiger partial charge in [-0.1, -0.05) is 40.5 Å². The molecule has 6 nitrogen and oxygen atoms in total. The predicted molar refractivity (Wildman–Crippen MR) is 107 cm³/mol. The molecule has 1 atom stereocenters. The highest BCUT2D eigenvalue weighted by molar-refractivity contribution is 7.89. The fourth-order valence-electron chi connectivity index (χ4n) is 3.26. The van der Waals surface area contributed by atoms with Crippen LogP contribution in [-0.4, -0.2) is 36.0 Å². The normalized spacial score (nSPS) is 18.3. The van der Waals surface area contributed by atoms with Crippen LogP contribution >= 0.6 is 23.2 Å². The van der Waals surface area contributed by atoms with Gasteiger partial charge in [-0.2, -0.15) is 9.29 Å². The van der Waals surface area contributed by atoms with Crippen molar-refractivity contribution in [2.45, 2.75) is 23.7 Å². The van der Waals surface area contributed by atoms with Gasteiger partial charge >= 0.3 is 0 Å². The second-order valence-electron chi connectivity index (χ2n) is 6.62. The molecule has 1 saturated heterocycles. The average molecular weight is 438 g/mol. The van der Waals surface area contributed by atoms with Gasteiger partial charge in [0.15, 0.2) is 0 Å². The molecule has 2 heterocycles. The maximum absolute atomic E-state index is 12.9. The van der Waals surface area contributed by atoms with Gasteiger partial charge in [0.25, 0.3) is 0 Å². The molecule has 1 unspecified atom stereocenters. The molecule has 0 N–H and O–H groups in total. The van der Waals surface area contributed by atoms with Gasteiger partial charge in [-0.3, -0.25) is 0 Å². The lowest BCUT2D eigenvalue weighted by molar-refractivity contribution is 0.265. The maximum Gasteiger partial charge on any atom is 0.243 e. The van der Waals surface area contributed by atoms with Crippen LogP contribution in [0.1, 0.15) is 24.7 Å². The van der Waals surface area contributed by atoms with Gasteiger partial charge in [0, 0.05) is 28.7 Å². The summed E-state index contributed by atoms with van der Waals surface area (Å²) >= 11 is 11.9. The second kappa shape index (κ2) is 7.83. The third-order valence-corrected chi connectivity index (χ3v) is 7.08. The van der Waals surface area contributed by atoms with Crippen molar-refractivity contribution in [2.24, 2.45) is 0 Å². The Labute approximate surface area is 173 Å². The third kappa shape index (κ3) is 3.93. The zero-order valence-corrected chi connectivity index (χ0v) is 17.1. The molecule has 1 aliphatic rings. The number of rotatable bonds is 4. The first-order valence-electron chi connectivity index (χ1n) is 8.79. The van der Waals surface area contributed by atoms with Crippen LogP contribution in [0.5, 0.6) is 0 Å². The molecule has 0 amide bonds. The van der Waals surface area contributed by atoms with E-state index in [9.17, 15) is 8.42 Å². The summed E-state index contributed by atoms with van der Waals surface area (Å²) in [5.74, 6) is 0.720. The summed E-state index contributed by atoms with van der Waals surface area (Å²) in [7, 11) is -3.60. The molecular weight excluding hydrogens is 421 g/mol. The van der Waals surface area contributed by atoms with Gasteiger partial charge in [-0.25, -0.2) is 8.42 Å². The minimum atomic E-state index is -3.60. The molecule has 0 radical (unpaired) electrons. The van der Waals surface area contributed by atoms with Gasteiger partial charge < -0.3 is 4.52 Å². The average Bonchev–Trinajstić information content (AvgIpc) is 3.19. The number of hydrogen-bond acceptors (Lipinski definition) is 5. The maximum atomic E-state index is 12.9. The lowest BCUT2D eigenvalue weighted by Crippen LogP contribution is -2.39. The van der Waals surface area contributed by atoms with Crippen LogP contribution in [0.2, 0.25) is 10.0 Å². The van der Waals surface area contributed by atoms with Crippen molar-refractivity contribution >= 4 is 33.2 Å². The number of halogens is 2. The van der Waals surface area contributed by atoms with Gasteiger partial charge in [0.2, 0.25) is 21.7 Å². The van der Waals surface area contributed by atoms with Crippen LogP contribution in [0.25, 0.3) is 11.4 Å². The lowest BCUT2D eigenvalue weighted by atomic mass is 10.00. The lowest BCUT2D eigenvalue weighted by Gasteiger charge is -2.30. The summed E-state index contributed by atoms with van der Waals surface area (Å²) in [5, 5.41) is 5.11. The first kappa shape index (κ1) is 19.4. The highest BCUT2D eigenvalue weighted by Crippen LogP contribution is 2.31. The Bertz CT molecular complexity index is 1080. The van der Waals surface area contributed by atoms with E-state index < -0.39 is 10.0 Å². The van der Waals surface area contributed by atoms with Crippen molar-refractivity contribution in [1.82, 2.24) is 14.4 Å². The molecule has 1 aliphatic heterocycles. The molecule has 28 heavy (non-hydrogen) atoms. The fourth-order valence-corrected chi connectivity index (χ4v) is 5.10.